The van der Waals surface area contributed by atoms with Crippen LogP contribution in [-0.2, 0) is 6.54 Å². The van der Waals surface area contributed by atoms with Gasteiger partial charge in [-0.1, -0.05) is 6.07 Å². The van der Waals surface area contributed by atoms with E-state index in [0.29, 0.717) is 35.6 Å². The van der Waals surface area contributed by atoms with Crippen molar-refractivity contribution in [1.82, 2.24) is 15.5 Å². The number of halogens is 1. The second kappa shape index (κ2) is 5.81. The van der Waals surface area contributed by atoms with Crippen molar-refractivity contribution in [3.63, 3.8) is 0 Å². The summed E-state index contributed by atoms with van der Waals surface area (Å²) in [4.78, 5) is 0. The standard InChI is InChI=1S/C15H18FN3O2/c1-9(14-11(16)4-3-5-12(14)20-2)17-8-13-18-19-15(21-13)10-6-7-10/h3-5,9-10,17H,6-8H2,1-2H3. The van der Waals surface area contributed by atoms with Gasteiger partial charge in [-0.25, -0.2) is 4.39 Å². The van der Waals surface area contributed by atoms with Crippen LogP contribution in [0.25, 0.3) is 0 Å². The Morgan fingerprint density at radius 3 is 2.95 bits per heavy atom. The molecule has 1 aliphatic carbocycles. The minimum absolute atomic E-state index is 0.225. The fourth-order valence-electron chi connectivity index (χ4n) is 2.29. The molecule has 2 aromatic rings. The van der Waals surface area contributed by atoms with Crippen LogP contribution in [0.4, 0.5) is 4.39 Å². The summed E-state index contributed by atoms with van der Waals surface area (Å²) in [6, 6.07) is 4.57. The molecule has 1 saturated carbocycles. The van der Waals surface area contributed by atoms with Gasteiger partial charge in [0, 0.05) is 17.5 Å². The lowest BCUT2D eigenvalue weighted by atomic mass is 10.1. The molecule has 0 aliphatic heterocycles. The maximum absolute atomic E-state index is 14.0. The van der Waals surface area contributed by atoms with E-state index in [1.54, 1.807) is 12.1 Å². The first-order valence-electron chi connectivity index (χ1n) is 7.07. The molecule has 0 saturated heterocycles. The summed E-state index contributed by atoms with van der Waals surface area (Å²) in [7, 11) is 1.53. The van der Waals surface area contributed by atoms with E-state index in [9.17, 15) is 4.39 Å². The van der Waals surface area contributed by atoms with Gasteiger partial charge in [-0.2, -0.15) is 0 Å². The third kappa shape index (κ3) is 3.05. The lowest BCUT2D eigenvalue weighted by Gasteiger charge is -2.17. The molecule has 21 heavy (non-hydrogen) atoms. The zero-order chi connectivity index (χ0) is 14.8. The van der Waals surface area contributed by atoms with E-state index in [0.717, 1.165) is 12.8 Å². The van der Waals surface area contributed by atoms with Crippen LogP contribution in [0.3, 0.4) is 0 Å². The molecule has 0 bridgehead atoms. The maximum atomic E-state index is 14.0. The summed E-state index contributed by atoms with van der Waals surface area (Å²) in [6.07, 6.45) is 2.25. The van der Waals surface area contributed by atoms with Crippen molar-refractivity contribution >= 4 is 0 Å². The van der Waals surface area contributed by atoms with E-state index in [1.165, 1.54) is 13.2 Å². The van der Waals surface area contributed by atoms with Crippen LogP contribution in [0, 0.1) is 5.82 Å². The van der Waals surface area contributed by atoms with E-state index >= 15 is 0 Å². The molecular weight excluding hydrogens is 273 g/mol. The summed E-state index contributed by atoms with van der Waals surface area (Å²) in [5.41, 5.74) is 0.502. The van der Waals surface area contributed by atoms with E-state index < -0.39 is 0 Å². The van der Waals surface area contributed by atoms with Crippen molar-refractivity contribution in [2.24, 2.45) is 0 Å². The smallest absolute Gasteiger partial charge is 0.230 e. The summed E-state index contributed by atoms with van der Waals surface area (Å²) in [5.74, 6) is 1.91. The number of benzene rings is 1. The molecule has 6 heteroatoms. The Hall–Kier alpha value is -1.95. The van der Waals surface area contributed by atoms with Gasteiger partial charge in [0.25, 0.3) is 0 Å². The van der Waals surface area contributed by atoms with Gasteiger partial charge in [-0.3, -0.25) is 0 Å². The maximum Gasteiger partial charge on any atom is 0.230 e. The van der Waals surface area contributed by atoms with Crippen molar-refractivity contribution in [2.75, 3.05) is 7.11 Å². The summed E-state index contributed by atoms with van der Waals surface area (Å²) < 4.78 is 24.7. The van der Waals surface area contributed by atoms with Crippen molar-refractivity contribution in [1.29, 1.82) is 0 Å². The van der Waals surface area contributed by atoms with Crippen LogP contribution in [0.1, 0.15) is 49.1 Å². The Balaban J connectivity index is 1.66. The number of methoxy groups -OCH3 is 1. The summed E-state index contributed by atoms with van der Waals surface area (Å²) in [5, 5.41) is 11.2. The fourth-order valence-corrected chi connectivity index (χ4v) is 2.29. The topological polar surface area (TPSA) is 60.2 Å². The largest absolute Gasteiger partial charge is 0.496 e. The number of nitrogens with one attached hydrogen (secondary N) is 1. The van der Waals surface area contributed by atoms with Crippen LogP contribution in [0.5, 0.6) is 5.75 Å². The average Bonchev–Trinajstić information content (AvgIpc) is 3.23. The van der Waals surface area contributed by atoms with Crippen LogP contribution < -0.4 is 10.1 Å². The lowest BCUT2D eigenvalue weighted by Crippen LogP contribution is -2.20. The van der Waals surface area contributed by atoms with Crippen LogP contribution in [-0.4, -0.2) is 17.3 Å². The number of ether oxygens (including phenoxy) is 1. The van der Waals surface area contributed by atoms with Gasteiger partial charge >= 0.3 is 0 Å². The highest BCUT2D eigenvalue weighted by Crippen LogP contribution is 2.39. The molecule has 0 amide bonds. The first-order valence-corrected chi connectivity index (χ1v) is 7.07. The summed E-state index contributed by atoms with van der Waals surface area (Å²) in [6.45, 7) is 2.28. The monoisotopic (exact) mass is 291 g/mol. The number of aromatic nitrogens is 2. The molecule has 1 N–H and O–H groups in total. The Kier molecular flexibility index (Phi) is 3.88. The molecule has 0 spiro atoms. The number of rotatable bonds is 6. The quantitative estimate of drug-likeness (QED) is 0.886. The van der Waals surface area contributed by atoms with Crippen LogP contribution in [0.2, 0.25) is 0 Å². The first kappa shape index (κ1) is 14.0. The lowest BCUT2D eigenvalue weighted by molar-refractivity contribution is 0.384. The van der Waals surface area contributed by atoms with Crippen LogP contribution in [0.15, 0.2) is 22.6 Å². The Morgan fingerprint density at radius 1 is 1.43 bits per heavy atom. The normalized spacial score (nSPS) is 16.0. The average molecular weight is 291 g/mol. The zero-order valence-corrected chi connectivity index (χ0v) is 12.1. The Labute approximate surface area is 122 Å². The summed E-state index contributed by atoms with van der Waals surface area (Å²) >= 11 is 0. The van der Waals surface area contributed by atoms with E-state index in [-0.39, 0.29) is 11.9 Å². The van der Waals surface area contributed by atoms with E-state index in [4.69, 9.17) is 9.15 Å². The molecule has 1 heterocycles. The van der Waals surface area contributed by atoms with Gasteiger partial charge < -0.3 is 14.5 Å². The molecule has 1 aromatic heterocycles. The highest BCUT2D eigenvalue weighted by Gasteiger charge is 2.29. The van der Waals surface area contributed by atoms with Crippen molar-refractivity contribution in [3.05, 3.63) is 41.4 Å². The predicted octanol–water partition coefficient (Wildman–Crippen LogP) is 2.95. The molecule has 0 radical (unpaired) electrons. The number of hydrogen-bond acceptors (Lipinski definition) is 5. The van der Waals surface area contributed by atoms with E-state index in [2.05, 4.69) is 15.5 Å². The highest BCUT2D eigenvalue weighted by atomic mass is 19.1. The van der Waals surface area contributed by atoms with Crippen molar-refractivity contribution in [3.8, 4) is 5.75 Å². The highest BCUT2D eigenvalue weighted by molar-refractivity contribution is 5.36. The molecule has 1 aromatic carbocycles. The minimum Gasteiger partial charge on any atom is -0.496 e. The number of hydrogen-bond donors (Lipinski definition) is 1. The molecule has 3 rings (SSSR count). The van der Waals surface area contributed by atoms with Gasteiger partial charge in [0.15, 0.2) is 0 Å². The van der Waals surface area contributed by atoms with Crippen LogP contribution >= 0.6 is 0 Å². The van der Waals surface area contributed by atoms with Crippen molar-refractivity contribution in [2.45, 2.75) is 38.3 Å². The first-order chi connectivity index (χ1) is 10.2. The molecular formula is C15H18FN3O2. The SMILES string of the molecule is COc1cccc(F)c1C(C)NCc1nnc(C2CC2)o1. The molecule has 1 unspecified atom stereocenters. The zero-order valence-electron chi connectivity index (χ0n) is 12.1. The van der Waals surface area contributed by atoms with Crippen molar-refractivity contribution < 1.29 is 13.5 Å². The second-order valence-corrected chi connectivity index (χ2v) is 5.27. The van der Waals surface area contributed by atoms with Gasteiger partial charge in [0.05, 0.1) is 13.7 Å². The molecule has 5 nitrogen and oxygen atoms in total. The molecule has 1 aliphatic rings. The minimum atomic E-state index is -0.293. The Bertz CT molecular complexity index is 625. The second-order valence-electron chi connectivity index (χ2n) is 5.27. The van der Waals surface area contributed by atoms with Gasteiger partial charge in [0.1, 0.15) is 11.6 Å². The molecule has 112 valence electrons. The van der Waals surface area contributed by atoms with Gasteiger partial charge in [-0.05, 0) is 31.9 Å². The Morgan fingerprint density at radius 2 is 2.24 bits per heavy atom. The van der Waals surface area contributed by atoms with Gasteiger partial charge in [0.2, 0.25) is 11.8 Å². The third-order valence-electron chi connectivity index (χ3n) is 3.63. The third-order valence-corrected chi connectivity index (χ3v) is 3.63. The van der Waals surface area contributed by atoms with E-state index in [1.807, 2.05) is 6.92 Å². The molecule has 1 atom stereocenters. The van der Waals surface area contributed by atoms with Gasteiger partial charge in [-0.15, -0.1) is 10.2 Å². The fraction of sp³-hybridized carbons (Fsp3) is 0.467. The number of nitrogens with zero attached hydrogens (tertiary/aromatic N) is 2. The predicted molar refractivity (Wildman–Crippen MR) is 74.5 cm³/mol. The molecule has 1 fully saturated rings.